The van der Waals surface area contributed by atoms with Crippen molar-refractivity contribution >= 4 is 11.7 Å². The van der Waals surface area contributed by atoms with Crippen molar-refractivity contribution < 1.29 is 14.6 Å². The normalized spacial score (nSPS) is 14.4. The Kier molecular flexibility index (Phi) is 5.75. The molecule has 1 rings (SSSR count). The second-order valence-electron chi connectivity index (χ2n) is 6.56. The van der Waals surface area contributed by atoms with Gasteiger partial charge in [-0.1, -0.05) is 32.9 Å². The fraction of sp³-hybridized carbons (Fsp3) is 0.562. The number of ether oxygens (including phenoxy) is 1. The fourth-order valence-corrected chi connectivity index (χ4v) is 1.86. The predicted octanol–water partition coefficient (Wildman–Crippen LogP) is 2.50. The Morgan fingerprint density at radius 3 is 2.24 bits per heavy atom. The number of rotatable bonds is 5. The van der Waals surface area contributed by atoms with Crippen LogP contribution in [0.25, 0.3) is 0 Å². The molecule has 3 N–H and O–H groups in total. The summed E-state index contributed by atoms with van der Waals surface area (Å²) in [6.07, 6.45) is 0. The Morgan fingerprint density at radius 2 is 1.76 bits per heavy atom. The van der Waals surface area contributed by atoms with Crippen LogP contribution < -0.4 is 10.6 Å². The van der Waals surface area contributed by atoms with Crippen molar-refractivity contribution in [2.45, 2.75) is 38.7 Å². The van der Waals surface area contributed by atoms with Gasteiger partial charge in [0.15, 0.2) is 0 Å². The number of carbonyl (C=O) groups is 1. The Morgan fingerprint density at radius 1 is 1.19 bits per heavy atom. The minimum absolute atomic E-state index is 0.0830. The average molecular weight is 294 g/mol. The quantitative estimate of drug-likeness (QED) is 0.781. The van der Waals surface area contributed by atoms with Crippen LogP contribution >= 0.6 is 0 Å². The lowest BCUT2D eigenvalue weighted by atomic mass is 9.87. The predicted molar refractivity (Wildman–Crippen MR) is 84.7 cm³/mol. The number of anilines is 1. The van der Waals surface area contributed by atoms with Crippen molar-refractivity contribution in [3.8, 4) is 0 Å². The standard InChI is InChI=1S/C16H26N2O3/c1-15(2,3)12-6-8-13(9-7-12)18-14(19)17-10-16(4,20)11-21-5/h6-9,20H,10-11H2,1-5H3,(H2,17,18,19)/t16-/m1/s1. The maximum absolute atomic E-state index is 11.8. The lowest BCUT2D eigenvalue weighted by Gasteiger charge is -2.22. The molecule has 0 aliphatic carbocycles. The van der Waals surface area contributed by atoms with E-state index in [2.05, 4.69) is 31.4 Å². The Balaban J connectivity index is 2.52. The smallest absolute Gasteiger partial charge is 0.319 e. The fourth-order valence-electron chi connectivity index (χ4n) is 1.86. The van der Waals surface area contributed by atoms with E-state index < -0.39 is 5.60 Å². The molecule has 0 saturated heterocycles. The van der Waals surface area contributed by atoms with Crippen molar-refractivity contribution in [2.75, 3.05) is 25.6 Å². The maximum atomic E-state index is 11.8. The maximum Gasteiger partial charge on any atom is 0.319 e. The van der Waals surface area contributed by atoms with Crippen LogP contribution in [0.1, 0.15) is 33.3 Å². The molecule has 0 aliphatic rings. The molecule has 1 atom stereocenters. The summed E-state index contributed by atoms with van der Waals surface area (Å²) < 4.78 is 4.88. The molecular weight excluding hydrogens is 268 g/mol. The van der Waals surface area contributed by atoms with Crippen molar-refractivity contribution in [1.29, 1.82) is 0 Å². The summed E-state index contributed by atoms with van der Waals surface area (Å²) >= 11 is 0. The highest BCUT2D eigenvalue weighted by atomic mass is 16.5. The van der Waals surface area contributed by atoms with Gasteiger partial charge in [0.2, 0.25) is 0 Å². The number of urea groups is 1. The van der Waals surface area contributed by atoms with Gasteiger partial charge in [-0.15, -0.1) is 0 Å². The van der Waals surface area contributed by atoms with E-state index in [0.717, 1.165) is 0 Å². The van der Waals surface area contributed by atoms with Gasteiger partial charge in [0, 0.05) is 12.8 Å². The molecule has 1 aromatic carbocycles. The van der Waals surface area contributed by atoms with Gasteiger partial charge in [-0.05, 0) is 30.0 Å². The summed E-state index contributed by atoms with van der Waals surface area (Å²) in [6, 6.07) is 7.38. The summed E-state index contributed by atoms with van der Waals surface area (Å²) in [5.74, 6) is 0. The second-order valence-corrected chi connectivity index (χ2v) is 6.56. The summed E-state index contributed by atoms with van der Waals surface area (Å²) in [5, 5.41) is 15.2. The van der Waals surface area contributed by atoms with E-state index in [1.807, 2.05) is 24.3 Å². The molecule has 21 heavy (non-hydrogen) atoms. The van der Waals surface area contributed by atoms with Crippen molar-refractivity contribution in [3.63, 3.8) is 0 Å². The highest BCUT2D eigenvalue weighted by Crippen LogP contribution is 2.23. The van der Waals surface area contributed by atoms with Gasteiger partial charge in [-0.2, -0.15) is 0 Å². The highest BCUT2D eigenvalue weighted by molar-refractivity contribution is 5.89. The summed E-state index contributed by atoms with van der Waals surface area (Å²) in [6.45, 7) is 8.30. The van der Waals surface area contributed by atoms with Crippen molar-refractivity contribution in [2.24, 2.45) is 0 Å². The van der Waals surface area contributed by atoms with Gasteiger partial charge in [0.25, 0.3) is 0 Å². The van der Waals surface area contributed by atoms with Gasteiger partial charge >= 0.3 is 6.03 Å². The van der Waals surface area contributed by atoms with Crippen LogP contribution in [0, 0.1) is 0 Å². The van der Waals surface area contributed by atoms with Crippen LogP contribution in [0.3, 0.4) is 0 Å². The van der Waals surface area contributed by atoms with E-state index in [9.17, 15) is 9.90 Å². The molecule has 0 unspecified atom stereocenters. The van der Waals surface area contributed by atoms with Gasteiger partial charge in [0.05, 0.1) is 13.2 Å². The molecule has 0 bridgehead atoms. The third-order valence-electron chi connectivity index (χ3n) is 3.09. The summed E-state index contributed by atoms with van der Waals surface area (Å²) in [4.78, 5) is 11.8. The molecule has 0 radical (unpaired) electrons. The molecule has 0 spiro atoms. The van der Waals surface area contributed by atoms with E-state index in [1.54, 1.807) is 6.92 Å². The largest absolute Gasteiger partial charge is 0.386 e. The Hall–Kier alpha value is -1.59. The van der Waals surface area contributed by atoms with E-state index in [-0.39, 0.29) is 24.6 Å². The minimum atomic E-state index is -1.08. The van der Waals surface area contributed by atoms with Crippen molar-refractivity contribution in [1.82, 2.24) is 5.32 Å². The van der Waals surface area contributed by atoms with E-state index in [1.165, 1.54) is 12.7 Å². The van der Waals surface area contributed by atoms with Gasteiger partial charge in [0.1, 0.15) is 5.60 Å². The zero-order valence-corrected chi connectivity index (χ0v) is 13.5. The van der Waals surface area contributed by atoms with Crippen molar-refractivity contribution in [3.05, 3.63) is 29.8 Å². The van der Waals surface area contributed by atoms with Gasteiger partial charge in [-0.3, -0.25) is 0 Å². The lowest BCUT2D eigenvalue weighted by Crippen LogP contribution is -2.45. The number of nitrogens with one attached hydrogen (secondary N) is 2. The minimum Gasteiger partial charge on any atom is -0.386 e. The number of amides is 2. The first-order chi connectivity index (χ1) is 9.64. The third kappa shape index (κ3) is 6.14. The third-order valence-corrected chi connectivity index (χ3v) is 3.09. The first-order valence-electron chi connectivity index (χ1n) is 7.01. The van der Waals surface area contributed by atoms with Crippen LogP contribution in [0.4, 0.5) is 10.5 Å². The molecule has 0 aliphatic heterocycles. The molecule has 5 heteroatoms. The van der Waals surface area contributed by atoms with Crippen LogP contribution in [-0.4, -0.2) is 37.0 Å². The van der Waals surface area contributed by atoms with E-state index in [0.29, 0.717) is 5.69 Å². The number of methoxy groups -OCH3 is 1. The first-order valence-corrected chi connectivity index (χ1v) is 7.01. The molecule has 0 saturated carbocycles. The lowest BCUT2D eigenvalue weighted by molar-refractivity contribution is -0.0133. The molecule has 118 valence electrons. The molecule has 0 aromatic heterocycles. The number of carbonyl (C=O) groups excluding carboxylic acids is 1. The number of hydrogen-bond donors (Lipinski definition) is 3. The molecule has 2 amide bonds. The summed E-state index contributed by atoms with van der Waals surface area (Å²) in [5.41, 5.74) is 0.922. The Bertz CT molecular complexity index is 461. The SMILES string of the molecule is COC[C@](C)(O)CNC(=O)Nc1ccc(C(C)(C)C)cc1. The zero-order valence-electron chi connectivity index (χ0n) is 13.5. The average Bonchev–Trinajstić information content (AvgIpc) is 2.36. The van der Waals surface area contributed by atoms with Gasteiger partial charge < -0.3 is 20.5 Å². The number of hydrogen-bond acceptors (Lipinski definition) is 3. The summed E-state index contributed by atoms with van der Waals surface area (Å²) in [7, 11) is 1.51. The van der Waals surface area contributed by atoms with Gasteiger partial charge in [-0.25, -0.2) is 4.79 Å². The van der Waals surface area contributed by atoms with Crippen LogP contribution in [0.15, 0.2) is 24.3 Å². The van der Waals surface area contributed by atoms with Crippen LogP contribution in [0.2, 0.25) is 0 Å². The van der Waals surface area contributed by atoms with Crippen LogP contribution in [-0.2, 0) is 10.2 Å². The van der Waals surface area contributed by atoms with E-state index >= 15 is 0 Å². The zero-order chi connectivity index (χ0) is 16.1. The topological polar surface area (TPSA) is 70.6 Å². The van der Waals surface area contributed by atoms with E-state index in [4.69, 9.17) is 4.74 Å². The molecule has 1 aromatic rings. The molecule has 5 nitrogen and oxygen atoms in total. The number of aliphatic hydroxyl groups is 1. The molecule has 0 fully saturated rings. The highest BCUT2D eigenvalue weighted by Gasteiger charge is 2.21. The monoisotopic (exact) mass is 294 g/mol. The second kappa shape index (κ2) is 6.91. The van der Waals surface area contributed by atoms with Crippen LogP contribution in [0.5, 0.6) is 0 Å². The molecule has 0 heterocycles. The molecular formula is C16H26N2O3. The Labute approximate surface area is 126 Å². The first kappa shape index (κ1) is 17.5. The number of benzene rings is 1.